The summed E-state index contributed by atoms with van der Waals surface area (Å²) >= 11 is 0. The minimum Gasteiger partial charge on any atom is -0.456 e. The summed E-state index contributed by atoms with van der Waals surface area (Å²) < 4.78 is 9.23. The number of rotatable bonds is 6. The number of anilines is 3. The molecule has 0 aliphatic heterocycles. The number of aromatic nitrogens is 1. The molecule has 13 rings (SSSR count). The monoisotopic (exact) mass is 818 g/mol. The van der Waals surface area contributed by atoms with E-state index in [1.54, 1.807) is 0 Å². The van der Waals surface area contributed by atoms with Gasteiger partial charge in [-0.25, -0.2) is 0 Å². The van der Waals surface area contributed by atoms with Crippen molar-refractivity contribution in [2.24, 2.45) is 0 Å². The fraction of sp³-hybridized carbons (Fsp3) is 0.0492. The number of furan rings is 1. The molecule has 0 radical (unpaired) electrons. The van der Waals surface area contributed by atoms with Gasteiger partial charge in [0.15, 0.2) is 0 Å². The zero-order valence-electron chi connectivity index (χ0n) is 35.6. The van der Waals surface area contributed by atoms with Crippen molar-refractivity contribution in [3.63, 3.8) is 0 Å². The van der Waals surface area contributed by atoms with Gasteiger partial charge in [0, 0.05) is 66.9 Å². The van der Waals surface area contributed by atoms with Crippen LogP contribution in [0, 0.1) is 0 Å². The molecule has 1 aliphatic carbocycles. The lowest BCUT2D eigenvalue weighted by atomic mass is 9.82. The highest BCUT2D eigenvalue weighted by Gasteiger charge is 2.36. The van der Waals surface area contributed by atoms with E-state index in [0.29, 0.717) is 0 Å². The van der Waals surface area contributed by atoms with Gasteiger partial charge in [-0.05, 0) is 98.8 Å². The van der Waals surface area contributed by atoms with E-state index in [4.69, 9.17) is 4.42 Å². The molecule has 302 valence electrons. The molecule has 0 spiro atoms. The Kier molecular flexibility index (Phi) is 7.95. The van der Waals surface area contributed by atoms with E-state index in [-0.39, 0.29) is 5.41 Å². The Balaban J connectivity index is 1.04. The van der Waals surface area contributed by atoms with Crippen LogP contribution in [0.1, 0.15) is 25.0 Å². The normalized spacial score (nSPS) is 13.0. The molecule has 64 heavy (non-hydrogen) atoms. The SMILES string of the molecule is CC1(C)c2ccccc2-c2ccc(N(c3ccccc3)c3ccc(-c4cccc5c6c(-c7cccc8ccccc78)c7c(cc6n(-c6ccccc6)c45)oc4ccccc47)cc3)cc21. The predicted octanol–water partition coefficient (Wildman–Crippen LogP) is 16.9. The molecule has 3 nitrogen and oxygen atoms in total. The zero-order chi connectivity index (χ0) is 42.5. The second-order valence-corrected chi connectivity index (χ2v) is 17.6. The fourth-order valence-electron chi connectivity index (χ4n) is 10.9. The van der Waals surface area contributed by atoms with Gasteiger partial charge in [-0.1, -0.05) is 172 Å². The van der Waals surface area contributed by atoms with Crippen LogP contribution in [0.4, 0.5) is 17.1 Å². The number of para-hydroxylation sites is 4. The second kappa shape index (κ2) is 13.9. The van der Waals surface area contributed by atoms with Crippen LogP contribution in [-0.2, 0) is 5.41 Å². The first kappa shape index (κ1) is 36.5. The molecule has 1 aliphatic rings. The number of hydrogen-bond acceptors (Lipinski definition) is 2. The van der Waals surface area contributed by atoms with Crippen LogP contribution in [-0.4, -0.2) is 4.57 Å². The lowest BCUT2D eigenvalue weighted by molar-refractivity contribution is 0.660. The van der Waals surface area contributed by atoms with Crippen molar-refractivity contribution in [1.82, 2.24) is 4.57 Å². The lowest BCUT2D eigenvalue weighted by Crippen LogP contribution is -2.16. The molecule has 10 aromatic carbocycles. The van der Waals surface area contributed by atoms with Gasteiger partial charge >= 0.3 is 0 Å². The maximum atomic E-state index is 6.78. The molecule has 0 fully saturated rings. The first-order chi connectivity index (χ1) is 31.5. The number of hydrogen-bond donors (Lipinski definition) is 0. The Bertz CT molecular complexity index is 3790. The van der Waals surface area contributed by atoms with E-state index in [9.17, 15) is 0 Å². The van der Waals surface area contributed by atoms with Crippen LogP contribution in [0.5, 0.6) is 0 Å². The summed E-state index contributed by atoms with van der Waals surface area (Å²) in [6.07, 6.45) is 0. The quantitative estimate of drug-likeness (QED) is 0.167. The number of nitrogens with zero attached hydrogens (tertiary/aromatic N) is 2. The van der Waals surface area contributed by atoms with E-state index in [1.807, 2.05) is 0 Å². The van der Waals surface area contributed by atoms with E-state index in [2.05, 4.69) is 242 Å². The molecular weight excluding hydrogens is 777 g/mol. The molecule has 2 heterocycles. The number of fused-ring (bicyclic) bond motifs is 10. The summed E-state index contributed by atoms with van der Waals surface area (Å²) in [6.45, 7) is 4.70. The Hall–Kier alpha value is -8.14. The van der Waals surface area contributed by atoms with Gasteiger partial charge < -0.3 is 13.9 Å². The summed E-state index contributed by atoms with van der Waals surface area (Å²) in [7, 11) is 0. The maximum absolute atomic E-state index is 6.78. The largest absolute Gasteiger partial charge is 0.456 e. The Morgan fingerprint density at radius 2 is 1.03 bits per heavy atom. The van der Waals surface area contributed by atoms with Gasteiger partial charge in [0.25, 0.3) is 0 Å². The highest BCUT2D eigenvalue weighted by Crippen LogP contribution is 2.52. The third kappa shape index (κ3) is 5.34. The van der Waals surface area contributed by atoms with Gasteiger partial charge in [0.1, 0.15) is 11.2 Å². The average molecular weight is 819 g/mol. The van der Waals surface area contributed by atoms with Gasteiger partial charge in [-0.15, -0.1) is 0 Å². The molecule has 0 atom stereocenters. The summed E-state index contributed by atoms with van der Waals surface area (Å²) in [5, 5.41) is 7.10. The first-order valence-corrected chi connectivity index (χ1v) is 22.2. The molecule has 0 amide bonds. The third-order valence-electron chi connectivity index (χ3n) is 13.8. The minimum atomic E-state index is -0.104. The Morgan fingerprint density at radius 1 is 0.422 bits per heavy atom. The van der Waals surface area contributed by atoms with Crippen molar-refractivity contribution in [3.05, 3.63) is 230 Å². The highest BCUT2D eigenvalue weighted by molar-refractivity contribution is 6.29. The molecule has 0 saturated heterocycles. The smallest absolute Gasteiger partial charge is 0.138 e. The molecule has 0 N–H and O–H groups in total. The molecule has 0 bridgehead atoms. The highest BCUT2D eigenvalue weighted by atomic mass is 16.3. The van der Waals surface area contributed by atoms with Crippen LogP contribution >= 0.6 is 0 Å². The van der Waals surface area contributed by atoms with Gasteiger partial charge in [-0.2, -0.15) is 0 Å². The standard InChI is InChI=1S/C61H42N2O/c1-61(2)52-29-13-11-24-47(52)48-36-35-44(37-53(48)61)62(41-19-5-3-6-20-41)43-33-31-40(32-34-43)46-26-16-28-51-57-54(63(60(46)51)42-21-7-4-8-22-42)38-56-58(50-25-12-14-30-55(50)64-56)59(57)49-27-15-18-39-17-9-10-23-45(39)49/h3-38H,1-2H3. The average Bonchev–Trinajstić information content (AvgIpc) is 3.96. The molecule has 0 saturated carbocycles. The molecular formula is C61H42N2O. The van der Waals surface area contributed by atoms with Crippen molar-refractivity contribution >= 4 is 71.6 Å². The van der Waals surface area contributed by atoms with Crippen molar-refractivity contribution in [1.29, 1.82) is 0 Å². The summed E-state index contributed by atoms with van der Waals surface area (Å²) in [4.78, 5) is 2.39. The van der Waals surface area contributed by atoms with Crippen LogP contribution < -0.4 is 4.90 Å². The van der Waals surface area contributed by atoms with E-state index < -0.39 is 0 Å². The van der Waals surface area contributed by atoms with E-state index in [0.717, 1.165) is 66.8 Å². The molecule has 2 aromatic heterocycles. The van der Waals surface area contributed by atoms with Crippen molar-refractivity contribution in [2.45, 2.75) is 19.3 Å². The molecule has 0 unspecified atom stereocenters. The molecule has 12 aromatic rings. The van der Waals surface area contributed by atoms with Crippen molar-refractivity contribution in [2.75, 3.05) is 4.90 Å². The fourth-order valence-corrected chi connectivity index (χ4v) is 10.9. The van der Waals surface area contributed by atoms with Crippen molar-refractivity contribution in [3.8, 4) is 39.1 Å². The molecule has 3 heteroatoms. The van der Waals surface area contributed by atoms with Crippen LogP contribution in [0.15, 0.2) is 223 Å². The van der Waals surface area contributed by atoms with Crippen molar-refractivity contribution < 1.29 is 4.42 Å². The lowest BCUT2D eigenvalue weighted by Gasteiger charge is -2.28. The van der Waals surface area contributed by atoms with Crippen LogP contribution in [0.2, 0.25) is 0 Å². The topological polar surface area (TPSA) is 21.3 Å². The summed E-state index contributed by atoms with van der Waals surface area (Å²) in [6, 6.07) is 79.5. The Labute approximate surface area is 371 Å². The second-order valence-electron chi connectivity index (χ2n) is 17.6. The van der Waals surface area contributed by atoms with Crippen LogP contribution in [0.25, 0.3) is 93.6 Å². The van der Waals surface area contributed by atoms with E-state index >= 15 is 0 Å². The maximum Gasteiger partial charge on any atom is 0.138 e. The first-order valence-electron chi connectivity index (χ1n) is 22.2. The number of benzene rings is 10. The van der Waals surface area contributed by atoms with E-state index in [1.165, 1.54) is 54.9 Å². The summed E-state index contributed by atoms with van der Waals surface area (Å²) in [5.41, 5.74) is 18.5. The Morgan fingerprint density at radius 3 is 1.88 bits per heavy atom. The van der Waals surface area contributed by atoms with Crippen LogP contribution in [0.3, 0.4) is 0 Å². The van der Waals surface area contributed by atoms with Gasteiger partial charge in [-0.3, -0.25) is 0 Å². The zero-order valence-corrected chi connectivity index (χ0v) is 35.6. The van der Waals surface area contributed by atoms with Gasteiger partial charge in [0.05, 0.1) is 11.0 Å². The third-order valence-corrected chi connectivity index (χ3v) is 13.8. The summed E-state index contributed by atoms with van der Waals surface area (Å²) in [5.74, 6) is 0. The predicted molar refractivity (Wildman–Crippen MR) is 269 cm³/mol. The minimum absolute atomic E-state index is 0.104. The van der Waals surface area contributed by atoms with Gasteiger partial charge in [0.2, 0.25) is 0 Å².